The number of thiocarbonyl (C=S) groups is 1. The third kappa shape index (κ3) is 5.95. The molecule has 0 aromatic carbocycles. The molecule has 0 radical (unpaired) electrons. The van der Waals surface area contributed by atoms with Gasteiger partial charge >= 0.3 is 0 Å². The summed E-state index contributed by atoms with van der Waals surface area (Å²) in [6.45, 7) is 6.73. The van der Waals surface area contributed by atoms with Crippen LogP contribution in [0.2, 0.25) is 0 Å². The molecule has 0 fully saturated rings. The Hall–Kier alpha value is -0.610. The Labute approximate surface area is 139 Å². The van der Waals surface area contributed by atoms with Crippen LogP contribution < -0.4 is 0 Å². The molecule has 1 aliphatic carbocycles. The molecule has 0 heterocycles. The molecule has 1 aliphatic rings. The highest BCUT2D eigenvalue weighted by Gasteiger charge is 2.26. The summed E-state index contributed by atoms with van der Waals surface area (Å²) in [5.74, 6) is 0.937. The largest absolute Gasteiger partial charge is 0.364 e. The standard InChI is InChI=1S/C17H27NOS2/c1-13-7-6-11-17(2,3)15(13)9-8-14(19)10-12-21-16(20)18(4)5/h8-9H,6-7,10-12H2,1-5H3. The molecule has 0 bridgehead atoms. The summed E-state index contributed by atoms with van der Waals surface area (Å²) in [6, 6.07) is 0. The lowest BCUT2D eigenvalue weighted by atomic mass is 9.72. The van der Waals surface area contributed by atoms with E-state index in [-0.39, 0.29) is 11.2 Å². The van der Waals surface area contributed by atoms with Crippen molar-refractivity contribution in [2.24, 2.45) is 5.41 Å². The number of hydrogen-bond acceptors (Lipinski definition) is 3. The number of carbonyl (C=O) groups excluding carboxylic acids is 1. The summed E-state index contributed by atoms with van der Waals surface area (Å²) in [5.41, 5.74) is 2.97. The second-order valence-electron chi connectivity index (χ2n) is 6.49. The van der Waals surface area contributed by atoms with E-state index in [1.807, 2.05) is 25.1 Å². The molecule has 0 aromatic rings. The van der Waals surface area contributed by atoms with Crippen LogP contribution >= 0.6 is 24.0 Å². The smallest absolute Gasteiger partial charge is 0.156 e. The molecule has 0 saturated heterocycles. The number of allylic oxidation sites excluding steroid dienone is 4. The maximum atomic E-state index is 12.0. The van der Waals surface area contributed by atoms with Gasteiger partial charge in [-0.15, -0.1) is 0 Å². The van der Waals surface area contributed by atoms with Crippen molar-refractivity contribution >= 4 is 34.1 Å². The van der Waals surface area contributed by atoms with Gasteiger partial charge in [-0.1, -0.05) is 49.5 Å². The van der Waals surface area contributed by atoms with Gasteiger partial charge in [-0.05, 0) is 43.3 Å². The summed E-state index contributed by atoms with van der Waals surface area (Å²) in [4.78, 5) is 13.9. The Morgan fingerprint density at radius 3 is 2.67 bits per heavy atom. The fraction of sp³-hybridized carbons (Fsp3) is 0.647. The van der Waals surface area contributed by atoms with Gasteiger partial charge in [0.2, 0.25) is 0 Å². The fourth-order valence-electron chi connectivity index (χ4n) is 2.64. The fourth-order valence-corrected chi connectivity index (χ4v) is 3.62. The first-order valence-corrected chi connectivity index (χ1v) is 8.88. The van der Waals surface area contributed by atoms with Gasteiger partial charge in [-0.25, -0.2) is 0 Å². The minimum absolute atomic E-state index is 0.186. The van der Waals surface area contributed by atoms with E-state index in [2.05, 4.69) is 20.8 Å². The van der Waals surface area contributed by atoms with Crippen molar-refractivity contribution in [3.8, 4) is 0 Å². The Balaban J connectivity index is 2.52. The topological polar surface area (TPSA) is 20.3 Å². The molecule has 0 atom stereocenters. The highest BCUT2D eigenvalue weighted by atomic mass is 32.2. The summed E-state index contributed by atoms with van der Waals surface area (Å²) >= 11 is 6.76. The quantitative estimate of drug-likeness (QED) is 0.543. The lowest BCUT2D eigenvalue weighted by Gasteiger charge is -2.32. The number of hydrogen-bond donors (Lipinski definition) is 0. The van der Waals surface area contributed by atoms with Gasteiger partial charge in [0.15, 0.2) is 5.78 Å². The van der Waals surface area contributed by atoms with Crippen molar-refractivity contribution in [3.63, 3.8) is 0 Å². The average molecular weight is 326 g/mol. The van der Waals surface area contributed by atoms with Gasteiger partial charge in [-0.2, -0.15) is 0 Å². The second kappa shape index (κ2) is 8.14. The predicted molar refractivity (Wildman–Crippen MR) is 97.8 cm³/mol. The van der Waals surface area contributed by atoms with E-state index in [0.717, 1.165) is 16.5 Å². The van der Waals surface area contributed by atoms with Gasteiger partial charge in [-0.3, -0.25) is 4.79 Å². The number of carbonyl (C=O) groups is 1. The molecule has 0 aliphatic heterocycles. The maximum absolute atomic E-state index is 12.0. The molecular formula is C17H27NOS2. The van der Waals surface area contributed by atoms with E-state index in [4.69, 9.17) is 12.2 Å². The molecule has 2 nitrogen and oxygen atoms in total. The van der Waals surface area contributed by atoms with Crippen LogP contribution in [-0.4, -0.2) is 34.9 Å². The lowest BCUT2D eigenvalue weighted by molar-refractivity contribution is -0.114. The van der Waals surface area contributed by atoms with Crippen molar-refractivity contribution in [1.29, 1.82) is 0 Å². The number of nitrogens with zero attached hydrogens (tertiary/aromatic N) is 1. The zero-order chi connectivity index (χ0) is 16.0. The Kier molecular flexibility index (Phi) is 7.14. The molecule has 0 amide bonds. The van der Waals surface area contributed by atoms with E-state index in [1.54, 1.807) is 17.8 Å². The summed E-state index contributed by atoms with van der Waals surface area (Å²) in [7, 11) is 3.86. The van der Waals surface area contributed by atoms with Crippen molar-refractivity contribution < 1.29 is 4.79 Å². The van der Waals surface area contributed by atoms with Crippen LogP contribution in [0.3, 0.4) is 0 Å². The van der Waals surface area contributed by atoms with E-state index in [0.29, 0.717) is 6.42 Å². The molecule has 118 valence electrons. The van der Waals surface area contributed by atoms with E-state index >= 15 is 0 Å². The number of rotatable bonds is 5. The average Bonchev–Trinajstić information content (AvgIpc) is 2.37. The summed E-state index contributed by atoms with van der Waals surface area (Å²) in [5, 5.41) is 0. The Morgan fingerprint density at radius 1 is 1.43 bits per heavy atom. The zero-order valence-corrected chi connectivity index (χ0v) is 15.5. The van der Waals surface area contributed by atoms with Crippen molar-refractivity contribution in [3.05, 3.63) is 23.3 Å². The third-order valence-electron chi connectivity index (χ3n) is 3.92. The summed E-state index contributed by atoms with van der Waals surface area (Å²) < 4.78 is 0.832. The van der Waals surface area contributed by atoms with Gasteiger partial charge in [0.05, 0.1) is 0 Å². The number of thioether (sulfide) groups is 1. The molecule has 0 spiro atoms. The number of ketones is 1. The summed E-state index contributed by atoms with van der Waals surface area (Å²) in [6.07, 6.45) is 7.96. The first kappa shape index (κ1) is 18.4. The SMILES string of the molecule is CC1=C(C=CC(=O)CCSC(=S)N(C)C)C(C)(C)CCC1. The third-order valence-corrected chi connectivity index (χ3v) is 5.66. The lowest BCUT2D eigenvalue weighted by Crippen LogP contribution is -2.19. The van der Waals surface area contributed by atoms with Gasteiger partial charge in [0, 0.05) is 26.3 Å². The molecule has 0 aromatic heterocycles. The van der Waals surface area contributed by atoms with Crippen LogP contribution in [0.1, 0.15) is 46.5 Å². The molecule has 0 saturated carbocycles. The maximum Gasteiger partial charge on any atom is 0.156 e. The van der Waals surface area contributed by atoms with Crippen molar-refractivity contribution in [1.82, 2.24) is 4.90 Å². The van der Waals surface area contributed by atoms with Gasteiger partial charge in [0.25, 0.3) is 0 Å². The van der Waals surface area contributed by atoms with Crippen LogP contribution in [-0.2, 0) is 4.79 Å². The van der Waals surface area contributed by atoms with E-state index in [9.17, 15) is 4.79 Å². The van der Waals surface area contributed by atoms with Crippen molar-refractivity contribution in [2.45, 2.75) is 46.5 Å². The van der Waals surface area contributed by atoms with Crippen LogP contribution in [0.5, 0.6) is 0 Å². The minimum Gasteiger partial charge on any atom is -0.364 e. The van der Waals surface area contributed by atoms with E-state index in [1.165, 1.54) is 24.0 Å². The molecule has 0 unspecified atom stereocenters. The van der Waals surface area contributed by atoms with Crippen molar-refractivity contribution in [2.75, 3.05) is 19.8 Å². The van der Waals surface area contributed by atoms with Gasteiger partial charge < -0.3 is 4.90 Å². The molecule has 1 rings (SSSR count). The predicted octanol–water partition coefficient (Wildman–Crippen LogP) is 4.61. The highest BCUT2D eigenvalue weighted by molar-refractivity contribution is 8.22. The highest BCUT2D eigenvalue weighted by Crippen LogP contribution is 2.40. The Bertz CT molecular complexity index is 461. The molecule has 21 heavy (non-hydrogen) atoms. The van der Waals surface area contributed by atoms with Crippen LogP contribution in [0.15, 0.2) is 23.3 Å². The van der Waals surface area contributed by atoms with Crippen LogP contribution in [0, 0.1) is 5.41 Å². The molecule has 4 heteroatoms. The normalized spacial score (nSPS) is 18.1. The Morgan fingerprint density at radius 2 is 2.10 bits per heavy atom. The zero-order valence-electron chi connectivity index (χ0n) is 13.9. The first-order valence-electron chi connectivity index (χ1n) is 7.49. The monoisotopic (exact) mass is 325 g/mol. The molecule has 0 N–H and O–H groups in total. The van der Waals surface area contributed by atoms with Gasteiger partial charge in [0.1, 0.15) is 4.32 Å². The molecular weight excluding hydrogens is 298 g/mol. The van der Waals surface area contributed by atoms with Crippen LogP contribution in [0.25, 0.3) is 0 Å². The second-order valence-corrected chi connectivity index (χ2v) is 8.22. The first-order chi connectivity index (χ1) is 9.74. The van der Waals surface area contributed by atoms with Crippen LogP contribution in [0.4, 0.5) is 0 Å². The minimum atomic E-state index is 0.186. The van der Waals surface area contributed by atoms with E-state index < -0.39 is 0 Å².